The Kier molecular flexibility index (Phi) is 9.57. The zero-order chi connectivity index (χ0) is 14.8. The number of unbranched alkanes of at least 4 members (excludes halogenated alkanes) is 3. The Hall–Kier alpha value is -0.0600. The summed E-state index contributed by atoms with van der Waals surface area (Å²) >= 11 is 7.13. The number of hydrogen-bond donors (Lipinski definition) is 1. The summed E-state index contributed by atoms with van der Waals surface area (Å²) in [5.41, 5.74) is 1.20. The third-order valence-electron chi connectivity index (χ3n) is 3.06. The normalized spacial score (nSPS) is 10.8. The summed E-state index contributed by atoms with van der Waals surface area (Å²) in [4.78, 5) is 0. The number of rotatable bonds is 10. The number of ether oxygens (including phenoxy) is 1. The number of benzene rings is 1. The summed E-state index contributed by atoms with van der Waals surface area (Å²) in [5.74, 6) is 0.969. The monoisotopic (exact) mass is 405 g/mol. The van der Waals surface area contributed by atoms with Crippen molar-refractivity contribution in [3.63, 3.8) is 0 Å². The molecule has 0 amide bonds. The smallest absolute Gasteiger partial charge is 0.138 e. The van der Waals surface area contributed by atoms with Gasteiger partial charge in [0.05, 0.1) is 11.1 Å². The molecule has 0 bridgehead atoms. The molecule has 0 saturated carbocycles. The van der Waals surface area contributed by atoms with Crippen molar-refractivity contribution >= 4 is 31.9 Å². The summed E-state index contributed by atoms with van der Waals surface area (Å²) in [6.07, 6.45) is 6.19. The molecule has 0 aliphatic rings. The summed E-state index contributed by atoms with van der Waals surface area (Å²) < 4.78 is 7.96. The van der Waals surface area contributed by atoms with Crippen LogP contribution in [0.4, 0.5) is 0 Å². The van der Waals surface area contributed by atoms with E-state index in [4.69, 9.17) is 4.74 Å². The van der Waals surface area contributed by atoms with Gasteiger partial charge in [-0.25, -0.2) is 0 Å². The largest absolute Gasteiger partial charge is 0.492 e. The van der Waals surface area contributed by atoms with Crippen molar-refractivity contribution < 1.29 is 4.74 Å². The Morgan fingerprint density at radius 1 is 1.05 bits per heavy atom. The third-order valence-corrected chi connectivity index (χ3v) is 4.11. The molecule has 114 valence electrons. The predicted molar refractivity (Wildman–Crippen MR) is 93.5 cm³/mol. The average Bonchev–Trinajstić information content (AvgIpc) is 2.41. The van der Waals surface area contributed by atoms with E-state index in [-0.39, 0.29) is 0 Å². The van der Waals surface area contributed by atoms with Gasteiger partial charge in [0.15, 0.2) is 0 Å². The Labute approximate surface area is 139 Å². The van der Waals surface area contributed by atoms with E-state index in [0.29, 0.717) is 0 Å². The van der Waals surface area contributed by atoms with Crippen molar-refractivity contribution in [2.45, 2.75) is 52.5 Å². The van der Waals surface area contributed by atoms with Crippen molar-refractivity contribution in [2.24, 2.45) is 0 Å². The van der Waals surface area contributed by atoms with E-state index in [1.54, 1.807) is 0 Å². The van der Waals surface area contributed by atoms with E-state index in [0.717, 1.165) is 40.8 Å². The molecule has 1 rings (SSSR count). The lowest BCUT2D eigenvalue weighted by Crippen LogP contribution is -2.15. The highest BCUT2D eigenvalue weighted by Gasteiger charge is 2.09. The van der Waals surface area contributed by atoms with E-state index in [1.807, 2.05) is 6.07 Å². The summed E-state index contributed by atoms with van der Waals surface area (Å²) in [6, 6.07) is 4.17. The van der Waals surface area contributed by atoms with Crippen LogP contribution in [-0.4, -0.2) is 13.2 Å². The number of nitrogens with one attached hydrogen (secondary N) is 1. The van der Waals surface area contributed by atoms with Gasteiger partial charge in [0.2, 0.25) is 0 Å². The maximum Gasteiger partial charge on any atom is 0.138 e. The molecule has 0 saturated heterocycles. The van der Waals surface area contributed by atoms with Gasteiger partial charge in [-0.05, 0) is 47.4 Å². The van der Waals surface area contributed by atoms with Crippen LogP contribution in [0.15, 0.2) is 21.1 Å². The molecule has 2 nitrogen and oxygen atoms in total. The zero-order valence-corrected chi connectivity index (χ0v) is 15.6. The molecule has 1 aromatic carbocycles. The quantitative estimate of drug-likeness (QED) is 0.505. The minimum atomic E-state index is 0.754. The zero-order valence-electron chi connectivity index (χ0n) is 12.5. The fraction of sp³-hybridized carbons (Fsp3) is 0.625. The highest BCUT2D eigenvalue weighted by Crippen LogP contribution is 2.33. The molecule has 0 radical (unpaired) electrons. The molecule has 0 heterocycles. The molecule has 0 aliphatic heterocycles. The van der Waals surface area contributed by atoms with Gasteiger partial charge in [0, 0.05) is 16.6 Å². The maximum atomic E-state index is 5.86. The van der Waals surface area contributed by atoms with E-state index < -0.39 is 0 Å². The first-order valence-corrected chi connectivity index (χ1v) is 9.09. The topological polar surface area (TPSA) is 21.3 Å². The van der Waals surface area contributed by atoms with Crippen LogP contribution in [0.25, 0.3) is 0 Å². The van der Waals surface area contributed by atoms with Gasteiger partial charge in [0.25, 0.3) is 0 Å². The van der Waals surface area contributed by atoms with E-state index in [2.05, 4.69) is 57.1 Å². The molecule has 1 aromatic rings. The summed E-state index contributed by atoms with van der Waals surface area (Å²) in [6.45, 7) is 7.03. The fourth-order valence-electron chi connectivity index (χ4n) is 2.01. The van der Waals surface area contributed by atoms with Gasteiger partial charge in [-0.1, -0.05) is 49.0 Å². The number of hydrogen-bond acceptors (Lipinski definition) is 2. The number of halogens is 2. The van der Waals surface area contributed by atoms with Gasteiger partial charge in [-0.2, -0.15) is 0 Å². The van der Waals surface area contributed by atoms with Gasteiger partial charge < -0.3 is 10.1 Å². The molecule has 0 spiro atoms. The Morgan fingerprint density at radius 2 is 1.85 bits per heavy atom. The van der Waals surface area contributed by atoms with Gasteiger partial charge in [-0.3, -0.25) is 0 Å². The molecule has 4 heteroatoms. The molecular weight excluding hydrogens is 382 g/mol. The Morgan fingerprint density at radius 3 is 2.55 bits per heavy atom. The average molecular weight is 407 g/mol. The summed E-state index contributed by atoms with van der Waals surface area (Å²) in [5, 5.41) is 3.51. The second-order valence-corrected chi connectivity index (χ2v) is 6.73. The van der Waals surface area contributed by atoms with Crippen LogP contribution in [-0.2, 0) is 6.54 Å². The van der Waals surface area contributed by atoms with Crippen LogP contribution in [0.5, 0.6) is 5.75 Å². The van der Waals surface area contributed by atoms with Crippen LogP contribution >= 0.6 is 31.9 Å². The highest BCUT2D eigenvalue weighted by molar-refractivity contribution is 9.11. The van der Waals surface area contributed by atoms with Crippen molar-refractivity contribution in [3.05, 3.63) is 26.6 Å². The maximum absolute atomic E-state index is 5.86. The first-order chi connectivity index (χ1) is 9.69. The van der Waals surface area contributed by atoms with Gasteiger partial charge >= 0.3 is 0 Å². The van der Waals surface area contributed by atoms with Crippen LogP contribution in [0.2, 0.25) is 0 Å². The van der Waals surface area contributed by atoms with Crippen molar-refractivity contribution in [1.82, 2.24) is 5.32 Å². The van der Waals surface area contributed by atoms with Crippen molar-refractivity contribution in [3.8, 4) is 5.75 Å². The SMILES string of the molecule is CCCCCCNCc1cc(Br)cc(Br)c1OCCC. The molecule has 0 atom stereocenters. The molecule has 20 heavy (non-hydrogen) atoms. The summed E-state index contributed by atoms with van der Waals surface area (Å²) in [7, 11) is 0. The van der Waals surface area contributed by atoms with Gasteiger partial charge in [0.1, 0.15) is 5.75 Å². The van der Waals surface area contributed by atoms with Crippen LogP contribution in [0.1, 0.15) is 51.5 Å². The molecule has 0 aliphatic carbocycles. The lowest BCUT2D eigenvalue weighted by Gasteiger charge is -2.14. The first-order valence-electron chi connectivity index (χ1n) is 7.50. The molecule has 0 aromatic heterocycles. The van der Waals surface area contributed by atoms with E-state index in [9.17, 15) is 0 Å². The Balaban J connectivity index is 2.53. The molecular formula is C16H25Br2NO. The van der Waals surface area contributed by atoms with Crippen LogP contribution in [0.3, 0.4) is 0 Å². The molecule has 0 unspecified atom stereocenters. The van der Waals surface area contributed by atoms with E-state index in [1.165, 1.54) is 31.2 Å². The van der Waals surface area contributed by atoms with Gasteiger partial charge in [-0.15, -0.1) is 0 Å². The molecule has 1 N–H and O–H groups in total. The van der Waals surface area contributed by atoms with Crippen molar-refractivity contribution in [1.29, 1.82) is 0 Å². The highest BCUT2D eigenvalue weighted by atomic mass is 79.9. The van der Waals surface area contributed by atoms with Crippen molar-refractivity contribution in [2.75, 3.05) is 13.2 Å². The lowest BCUT2D eigenvalue weighted by molar-refractivity contribution is 0.311. The minimum absolute atomic E-state index is 0.754. The fourth-order valence-corrected chi connectivity index (χ4v) is 3.44. The van der Waals surface area contributed by atoms with Crippen LogP contribution < -0.4 is 10.1 Å². The molecule has 0 fully saturated rings. The minimum Gasteiger partial charge on any atom is -0.492 e. The second kappa shape index (κ2) is 10.6. The lowest BCUT2D eigenvalue weighted by atomic mass is 10.2. The first kappa shape index (κ1) is 18.0. The standard InChI is InChI=1S/C16H25Br2NO/c1-3-5-6-7-8-19-12-13-10-14(17)11-15(18)16(13)20-9-4-2/h10-11,19H,3-9,12H2,1-2H3. The Bertz CT molecular complexity index is 396. The second-order valence-electron chi connectivity index (χ2n) is 4.96. The van der Waals surface area contributed by atoms with E-state index >= 15 is 0 Å². The predicted octanol–water partition coefficient (Wildman–Crippen LogP) is 5.67. The third kappa shape index (κ3) is 6.59. The van der Waals surface area contributed by atoms with Crippen LogP contribution in [0, 0.1) is 0 Å².